The van der Waals surface area contributed by atoms with Crippen LogP contribution in [0, 0.1) is 5.82 Å². The van der Waals surface area contributed by atoms with Crippen LogP contribution in [0.1, 0.15) is 18.5 Å². The summed E-state index contributed by atoms with van der Waals surface area (Å²) in [5, 5.41) is 0.839. The predicted molar refractivity (Wildman–Crippen MR) is 75.1 cm³/mol. The Bertz CT molecular complexity index is 560. The van der Waals surface area contributed by atoms with E-state index in [0.29, 0.717) is 0 Å². The third-order valence-corrected chi connectivity index (χ3v) is 4.41. The quantitative estimate of drug-likeness (QED) is 0.920. The Balaban J connectivity index is 2.37. The Morgan fingerprint density at radius 1 is 1.39 bits per heavy atom. The van der Waals surface area contributed by atoms with Crippen molar-refractivity contribution in [2.75, 3.05) is 0 Å². The second kappa shape index (κ2) is 5.82. The summed E-state index contributed by atoms with van der Waals surface area (Å²) in [5.74, 6) is -0.272. The van der Waals surface area contributed by atoms with Crippen LogP contribution in [0.15, 0.2) is 50.9 Å². The highest BCUT2D eigenvalue weighted by Crippen LogP contribution is 2.35. The fourth-order valence-corrected chi connectivity index (χ4v) is 3.00. The molecule has 2 N–H and O–H groups in total. The van der Waals surface area contributed by atoms with Crippen LogP contribution in [0.3, 0.4) is 0 Å². The number of aromatic nitrogens is 1. The number of nitrogens with zero attached hydrogens (tertiary/aromatic N) is 1. The van der Waals surface area contributed by atoms with Gasteiger partial charge in [0.05, 0.1) is 4.47 Å². The molecule has 0 bridgehead atoms. The van der Waals surface area contributed by atoms with Gasteiger partial charge >= 0.3 is 0 Å². The molecule has 0 amide bonds. The van der Waals surface area contributed by atoms with Crippen LogP contribution < -0.4 is 5.73 Å². The minimum atomic E-state index is -0.272. The Labute approximate surface area is 118 Å². The molecular formula is C13H12BrFN2S. The number of hydrogen-bond acceptors (Lipinski definition) is 3. The standard InChI is InChI=1S/C13H12BrFN2S/c1-8(16)10-7-9(15)4-5-12(10)18-13-11(14)3-2-6-17-13/h2-8H,16H2,1H3. The van der Waals surface area contributed by atoms with Gasteiger partial charge in [-0.2, -0.15) is 0 Å². The first-order chi connectivity index (χ1) is 8.58. The average molecular weight is 327 g/mol. The summed E-state index contributed by atoms with van der Waals surface area (Å²) >= 11 is 4.91. The van der Waals surface area contributed by atoms with E-state index in [1.54, 1.807) is 12.3 Å². The van der Waals surface area contributed by atoms with Crippen LogP contribution in [0.2, 0.25) is 0 Å². The summed E-state index contributed by atoms with van der Waals surface area (Å²) in [6.45, 7) is 1.84. The zero-order chi connectivity index (χ0) is 13.1. The molecule has 2 aromatic rings. The molecule has 0 fully saturated rings. The molecule has 0 saturated carbocycles. The highest BCUT2D eigenvalue weighted by atomic mass is 79.9. The molecule has 2 rings (SSSR count). The van der Waals surface area contributed by atoms with Gasteiger partial charge in [0.25, 0.3) is 0 Å². The lowest BCUT2D eigenvalue weighted by molar-refractivity contribution is 0.619. The van der Waals surface area contributed by atoms with Crippen LogP contribution in [-0.2, 0) is 0 Å². The molecule has 2 nitrogen and oxygen atoms in total. The van der Waals surface area contributed by atoms with Crippen molar-refractivity contribution in [2.45, 2.75) is 22.9 Å². The maximum Gasteiger partial charge on any atom is 0.123 e. The third kappa shape index (κ3) is 3.10. The zero-order valence-electron chi connectivity index (χ0n) is 9.73. The number of nitrogens with two attached hydrogens (primary N) is 1. The fourth-order valence-electron chi connectivity index (χ4n) is 1.52. The second-order valence-corrected chi connectivity index (χ2v) is 5.75. The maximum absolute atomic E-state index is 13.2. The van der Waals surface area contributed by atoms with Crippen LogP contribution in [0.25, 0.3) is 0 Å². The van der Waals surface area contributed by atoms with Gasteiger partial charge in [-0.05, 0) is 58.7 Å². The van der Waals surface area contributed by atoms with E-state index in [0.717, 1.165) is 20.0 Å². The molecule has 1 atom stereocenters. The highest BCUT2D eigenvalue weighted by Gasteiger charge is 2.11. The van der Waals surface area contributed by atoms with Gasteiger partial charge in [-0.15, -0.1) is 0 Å². The first-order valence-corrected chi connectivity index (χ1v) is 7.02. The van der Waals surface area contributed by atoms with E-state index in [4.69, 9.17) is 5.73 Å². The van der Waals surface area contributed by atoms with Gasteiger partial charge < -0.3 is 5.73 Å². The molecule has 0 aliphatic heterocycles. The molecule has 0 aliphatic carbocycles. The topological polar surface area (TPSA) is 38.9 Å². The summed E-state index contributed by atoms with van der Waals surface area (Å²) in [7, 11) is 0. The number of hydrogen-bond donors (Lipinski definition) is 1. The van der Waals surface area contributed by atoms with Crippen molar-refractivity contribution >= 4 is 27.7 Å². The predicted octanol–water partition coefficient (Wildman–Crippen LogP) is 4.15. The summed E-state index contributed by atoms with van der Waals surface area (Å²) < 4.78 is 14.1. The Morgan fingerprint density at radius 2 is 2.17 bits per heavy atom. The normalized spacial score (nSPS) is 12.4. The molecule has 94 valence electrons. The lowest BCUT2D eigenvalue weighted by atomic mass is 10.1. The maximum atomic E-state index is 13.2. The smallest absolute Gasteiger partial charge is 0.123 e. The first kappa shape index (κ1) is 13.5. The van der Waals surface area contributed by atoms with Crippen molar-refractivity contribution in [1.29, 1.82) is 0 Å². The number of pyridine rings is 1. The highest BCUT2D eigenvalue weighted by molar-refractivity contribution is 9.10. The van der Waals surface area contributed by atoms with Crippen molar-refractivity contribution in [3.05, 3.63) is 52.4 Å². The average Bonchev–Trinajstić information content (AvgIpc) is 2.34. The zero-order valence-corrected chi connectivity index (χ0v) is 12.1. The molecule has 1 heterocycles. The lowest BCUT2D eigenvalue weighted by Crippen LogP contribution is -2.06. The van der Waals surface area contributed by atoms with E-state index in [1.165, 1.54) is 23.9 Å². The Kier molecular flexibility index (Phi) is 4.37. The van der Waals surface area contributed by atoms with E-state index in [9.17, 15) is 4.39 Å². The molecule has 0 saturated heterocycles. The van der Waals surface area contributed by atoms with Gasteiger partial charge in [-0.25, -0.2) is 9.37 Å². The van der Waals surface area contributed by atoms with Crippen molar-refractivity contribution in [2.24, 2.45) is 5.73 Å². The molecule has 0 aliphatic rings. The van der Waals surface area contributed by atoms with Crippen LogP contribution in [0.5, 0.6) is 0 Å². The van der Waals surface area contributed by atoms with Crippen molar-refractivity contribution in [1.82, 2.24) is 4.98 Å². The van der Waals surface area contributed by atoms with E-state index in [2.05, 4.69) is 20.9 Å². The minimum Gasteiger partial charge on any atom is -0.324 e. The Morgan fingerprint density at radius 3 is 2.83 bits per heavy atom. The SMILES string of the molecule is CC(N)c1cc(F)ccc1Sc1ncccc1Br. The van der Waals surface area contributed by atoms with Crippen LogP contribution in [0.4, 0.5) is 4.39 Å². The molecular weight excluding hydrogens is 315 g/mol. The molecule has 1 aromatic heterocycles. The number of benzene rings is 1. The van der Waals surface area contributed by atoms with Crippen molar-refractivity contribution in [3.8, 4) is 0 Å². The Hall–Kier alpha value is -0.910. The van der Waals surface area contributed by atoms with E-state index < -0.39 is 0 Å². The second-order valence-electron chi connectivity index (χ2n) is 3.86. The van der Waals surface area contributed by atoms with Gasteiger partial charge in [-0.1, -0.05) is 11.8 Å². The molecule has 1 unspecified atom stereocenters. The lowest BCUT2D eigenvalue weighted by Gasteiger charge is -2.12. The minimum absolute atomic E-state index is 0.217. The third-order valence-electron chi connectivity index (χ3n) is 2.39. The summed E-state index contributed by atoms with van der Waals surface area (Å²) in [6.07, 6.45) is 1.72. The van der Waals surface area contributed by atoms with Gasteiger partial charge in [0.1, 0.15) is 10.8 Å². The summed E-state index contributed by atoms with van der Waals surface area (Å²) in [5.41, 5.74) is 6.65. The number of rotatable bonds is 3. The van der Waals surface area contributed by atoms with E-state index in [1.807, 2.05) is 19.1 Å². The van der Waals surface area contributed by atoms with Gasteiger partial charge in [0.15, 0.2) is 0 Å². The molecule has 5 heteroatoms. The summed E-state index contributed by atoms with van der Waals surface area (Å²) in [6, 6.07) is 8.20. The first-order valence-electron chi connectivity index (χ1n) is 5.41. The van der Waals surface area contributed by atoms with E-state index in [-0.39, 0.29) is 11.9 Å². The molecule has 18 heavy (non-hydrogen) atoms. The van der Waals surface area contributed by atoms with Crippen molar-refractivity contribution < 1.29 is 4.39 Å². The van der Waals surface area contributed by atoms with Gasteiger partial charge in [0, 0.05) is 17.1 Å². The molecule has 1 aromatic carbocycles. The van der Waals surface area contributed by atoms with Gasteiger partial charge in [0.2, 0.25) is 0 Å². The summed E-state index contributed by atoms with van der Waals surface area (Å²) in [4.78, 5) is 5.20. The monoisotopic (exact) mass is 326 g/mol. The molecule has 0 radical (unpaired) electrons. The molecule has 0 spiro atoms. The van der Waals surface area contributed by atoms with Crippen molar-refractivity contribution in [3.63, 3.8) is 0 Å². The fraction of sp³-hybridized carbons (Fsp3) is 0.154. The van der Waals surface area contributed by atoms with E-state index >= 15 is 0 Å². The largest absolute Gasteiger partial charge is 0.324 e. The number of halogens is 2. The van der Waals surface area contributed by atoms with Crippen LogP contribution in [-0.4, -0.2) is 4.98 Å². The van der Waals surface area contributed by atoms with Crippen LogP contribution >= 0.6 is 27.7 Å². The van der Waals surface area contributed by atoms with Gasteiger partial charge in [-0.3, -0.25) is 0 Å².